The second-order valence-electron chi connectivity index (χ2n) is 4.58. The smallest absolute Gasteiger partial charge is 0.222 e. The normalized spacial score (nSPS) is 11.2. The summed E-state index contributed by atoms with van der Waals surface area (Å²) in [5.74, 6) is 0.797. The van der Waals surface area contributed by atoms with Gasteiger partial charge in [-0.2, -0.15) is 4.98 Å². The van der Waals surface area contributed by atoms with Crippen molar-refractivity contribution in [2.24, 2.45) is 0 Å². The highest BCUT2D eigenvalue weighted by Crippen LogP contribution is 2.26. The Bertz CT molecular complexity index is 878. The van der Waals surface area contributed by atoms with Crippen molar-refractivity contribution in [3.63, 3.8) is 0 Å². The van der Waals surface area contributed by atoms with E-state index in [1.807, 2.05) is 16.7 Å². The van der Waals surface area contributed by atoms with Crippen molar-refractivity contribution in [2.45, 2.75) is 6.54 Å². The number of rotatable bonds is 3. The fraction of sp³-hybridized carbons (Fsp3) is 0.0714. The predicted octanol–water partition coefficient (Wildman–Crippen LogP) is 2.31. The molecule has 0 fully saturated rings. The Morgan fingerprint density at radius 1 is 1.19 bits per heavy atom. The molecule has 0 amide bonds. The van der Waals surface area contributed by atoms with Crippen molar-refractivity contribution in [1.82, 2.24) is 19.5 Å². The van der Waals surface area contributed by atoms with Crippen LogP contribution < -0.4 is 5.73 Å². The quantitative estimate of drug-likeness (QED) is 0.619. The molecule has 0 saturated carbocycles. The number of imidazole rings is 1. The number of aromatic nitrogens is 4. The third-order valence-corrected chi connectivity index (χ3v) is 3.17. The summed E-state index contributed by atoms with van der Waals surface area (Å²) in [6, 6.07) is 5.50. The van der Waals surface area contributed by atoms with Gasteiger partial charge in [-0.3, -0.25) is 0 Å². The molecule has 0 unspecified atom stereocenters. The van der Waals surface area contributed by atoms with Gasteiger partial charge in [0, 0.05) is 5.56 Å². The molecular weight excluding hydrogens is 270 g/mol. The van der Waals surface area contributed by atoms with Gasteiger partial charge in [0.1, 0.15) is 11.2 Å². The number of nitrogens with zero attached hydrogens (tertiary/aromatic N) is 4. The van der Waals surface area contributed by atoms with E-state index in [9.17, 15) is 0 Å². The predicted molar refractivity (Wildman–Crippen MR) is 75.2 cm³/mol. The number of anilines is 1. The zero-order valence-corrected chi connectivity index (χ0v) is 10.9. The molecule has 0 atom stereocenters. The maximum Gasteiger partial charge on any atom is 0.222 e. The Labute approximate surface area is 119 Å². The van der Waals surface area contributed by atoms with Crippen LogP contribution in [0.1, 0.15) is 5.56 Å². The molecule has 104 valence electrons. The Morgan fingerprint density at radius 2 is 2.14 bits per heavy atom. The molecule has 0 aliphatic carbocycles. The van der Waals surface area contributed by atoms with E-state index in [4.69, 9.17) is 14.6 Å². The van der Waals surface area contributed by atoms with Crippen molar-refractivity contribution < 1.29 is 8.83 Å². The Kier molecular flexibility index (Phi) is 2.50. The zero-order chi connectivity index (χ0) is 14.2. The first-order valence-corrected chi connectivity index (χ1v) is 6.34. The van der Waals surface area contributed by atoms with E-state index >= 15 is 0 Å². The first-order valence-electron chi connectivity index (χ1n) is 6.34. The molecule has 21 heavy (non-hydrogen) atoms. The highest BCUT2D eigenvalue weighted by atomic mass is 16.3. The summed E-state index contributed by atoms with van der Waals surface area (Å²) in [6.45, 7) is 0.598. The summed E-state index contributed by atoms with van der Waals surface area (Å²) < 4.78 is 12.4. The highest BCUT2D eigenvalue weighted by Gasteiger charge is 2.15. The van der Waals surface area contributed by atoms with E-state index in [-0.39, 0.29) is 5.95 Å². The van der Waals surface area contributed by atoms with Crippen LogP contribution in [0.15, 0.2) is 52.2 Å². The summed E-state index contributed by atoms with van der Waals surface area (Å²) in [5, 5.41) is 0. The second kappa shape index (κ2) is 4.48. The van der Waals surface area contributed by atoms with Crippen molar-refractivity contribution >= 4 is 17.1 Å². The number of fused-ring (bicyclic) bond motifs is 1. The molecule has 4 heterocycles. The van der Waals surface area contributed by atoms with E-state index in [2.05, 4.69) is 15.0 Å². The molecule has 0 bridgehead atoms. The van der Waals surface area contributed by atoms with Crippen molar-refractivity contribution in [3.8, 4) is 11.5 Å². The van der Waals surface area contributed by atoms with Crippen LogP contribution >= 0.6 is 0 Å². The lowest BCUT2D eigenvalue weighted by molar-refractivity contribution is 0.562. The lowest BCUT2D eigenvalue weighted by Crippen LogP contribution is -2.02. The molecular formula is C14H11N5O2. The number of nitrogens with two attached hydrogens (primary N) is 1. The number of furan rings is 2. The monoisotopic (exact) mass is 281 g/mol. The molecule has 4 rings (SSSR count). The first kappa shape index (κ1) is 11.7. The molecule has 4 aromatic rings. The van der Waals surface area contributed by atoms with Crippen LogP contribution in [0.5, 0.6) is 0 Å². The van der Waals surface area contributed by atoms with Gasteiger partial charge in [0.25, 0.3) is 0 Å². The van der Waals surface area contributed by atoms with Gasteiger partial charge in [-0.15, -0.1) is 0 Å². The average Bonchev–Trinajstić information content (AvgIpc) is 3.20. The number of hydrogen-bond donors (Lipinski definition) is 1. The SMILES string of the molecule is Nc1nc(-c2ccco2)c2ncn(Cc3ccoc3)c2n1. The van der Waals surface area contributed by atoms with Gasteiger partial charge in [0.2, 0.25) is 5.95 Å². The molecule has 0 aromatic carbocycles. The topological polar surface area (TPSA) is 95.9 Å². The summed E-state index contributed by atoms with van der Waals surface area (Å²) in [7, 11) is 0. The van der Waals surface area contributed by atoms with Gasteiger partial charge in [-0.25, -0.2) is 9.97 Å². The first-order chi connectivity index (χ1) is 10.3. The Morgan fingerprint density at radius 3 is 2.90 bits per heavy atom. The minimum Gasteiger partial charge on any atom is -0.472 e. The molecule has 0 radical (unpaired) electrons. The second-order valence-corrected chi connectivity index (χ2v) is 4.58. The maximum atomic E-state index is 5.81. The van der Waals surface area contributed by atoms with Crippen molar-refractivity contribution in [1.29, 1.82) is 0 Å². The molecule has 7 nitrogen and oxygen atoms in total. The minimum absolute atomic E-state index is 0.183. The van der Waals surface area contributed by atoms with Crippen molar-refractivity contribution in [3.05, 3.63) is 48.9 Å². The molecule has 0 aliphatic rings. The number of hydrogen-bond acceptors (Lipinski definition) is 6. The Balaban J connectivity index is 1.88. The maximum absolute atomic E-state index is 5.81. The summed E-state index contributed by atoms with van der Waals surface area (Å²) >= 11 is 0. The Hall–Kier alpha value is -3.09. The fourth-order valence-corrected chi connectivity index (χ4v) is 2.24. The van der Waals surface area contributed by atoms with E-state index in [1.165, 1.54) is 0 Å². The minimum atomic E-state index is 0.183. The van der Waals surface area contributed by atoms with E-state index in [1.54, 1.807) is 31.2 Å². The highest BCUT2D eigenvalue weighted by molar-refractivity contribution is 5.86. The van der Waals surface area contributed by atoms with Gasteiger partial charge >= 0.3 is 0 Å². The fourth-order valence-electron chi connectivity index (χ4n) is 2.24. The summed E-state index contributed by atoms with van der Waals surface area (Å²) in [5.41, 5.74) is 8.74. The van der Waals surface area contributed by atoms with Crippen molar-refractivity contribution in [2.75, 3.05) is 5.73 Å². The third kappa shape index (κ3) is 1.95. The van der Waals surface area contributed by atoms with E-state index < -0.39 is 0 Å². The third-order valence-electron chi connectivity index (χ3n) is 3.17. The van der Waals surface area contributed by atoms with Gasteiger partial charge in [-0.1, -0.05) is 0 Å². The molecule has 0 saturated heterocycles. The van der Waals surface area contributed by atoms with Crippen LogP contribution in [0.3, 0.4) is 0 Å². The van der Waals surface area contributed by atoms with Crippen LogP contribution in [0.2, 0.25) is 0 Å². The van der Waals surface area contributed by atoms with Crippen LogP contribution in [0.25, 0.3) is 22.6 Å². The van der Waals surface area contributed by atoms with Crippen LogP contribution in [-0.4, -0.2) is 19.5 Å². The van der Waals surface area contributed by atoms with Crippen LogP contribution in [-0.2, 0) is 6.54 Å². The van der Waals surface area contributed by atoms with Gasteiger partial charge < -0.3 is 19.1 Å². The van der Waals surface area contributed by atoms with Gasteiger partial charge in [-0.05, 0) is 18.2 Å². The standard InChI is InChI=1S/C14H11N5O2/c15-14-17-11(10-2-1-4-21-10)12-13(18-14)19(8-16-12)6-9-3-5-20-7-9/h1-5,7-8H,6H2,(H2,15,17,18). The van der Waals surface area contributed by atoms with E-state index in [0.717, 1.165) is 5.56 Å². The number of nitrogen functional groups attached to an aromatic ring is 1. The lowest BCUT2D eigenvalue weighted by atomic mass is 10.3. The zero-order valence-electron chi connectivity index (χ0n) is 10.9. The van der Waals surface area contributed by atoms with E-state index in [0.29, 0.717) is 29.2 Å². The molecule has 4 aromatic heterocycles. The van der Waals surface area contributed by atoms with Crippen LogP contribution in [0, 0.1) is 0 Å². The average molecular weight is 281 g/mol. The van der Waals surface area contributed by atoms with Crippen LogP contribution in [0.4, 0.5) is 5.95 Å². The van der Waals surface area contributed by atoms with Gasteiger partial charge in [0.05, 0.1) is 31.7 Å². The summed E-state index contributed by atoms with van der Waals surface area (Å²) in [4.78, 5) is 12.9. The molecule has 0 aliphatic heterocycles. The largest absolute Gasteiger partial charge is 0.472 e. The molecule has 7 heteroatoms. The lowest BCUT2D eigenvalue weighted by Gasteiger charge is -2.03. The molecule has 2 N–H and O–H groups in total. The molecule has 0 spiro atoms. The van der Waals surface area contributed by atoms with Gasteiger partial charge in [0.15, 0.2) is 11.4 Å². The summed E-state index contributed by atoms with van der Waals surface area (Å²) in [6.07, 6.45) is 6.61.